The van der Waals surface area contributed by atoms with E-state index in [1.807, 2.05) is 0 Å². The van der Waals surface area contributed by atoms with Crippen molar-refractivity contribution in [2.75, 3.05) is 4.90 Å². The Labute approximate surface area is 155 Å². The van der Waals surface area contributed by atoms with Crippen LogP contribution in [0.4, 0.5) is 5.69 Å². The Morgan fingerprint density at radius 2 is 1.69 bits per heavy atom. The van der Waals surface area contributed by atoms with Gasteiger partial charge in [-0.1, -0.05) is 45.9 Å². The third-order valence-corrected chi connectivity index (χ3v) is 8.02. The fraction of sp³-hybridized carbons (Fsp3) is 0.500. The van der Waals surface area contributed by atoms with Gasteiger partial charge in [-0.3, -0.25) is 4.40 Å². The lowest BCUT2D eigenvalue weighted by Crippen LogP contribution is -2.62. The van der Waals surface area contributed by atoms with Gasteiger partial charge < -0.3 is 9.47 Å². The van der Waals surface area contributed by atoms with Crippen LogP contribution in [-0.4, -0.2) is 14.0 Å². The van der Waals surface area contributed by atoms with Crippen molar-refractivity contribution in [3.8, 4) is 0 Å². The molecule has 0 N–H and O–H groups in total. The van der Waals surface area contributed by atoms with Gasteiger partial charge in [-0.2, -0.15) is 0 Å². The highest BCUT2D eigenvalue weighted by molar-refractivity contribution is 5.69. The number of nitrogens with zero attached hydrogens (tertiary/aromatic N) is 4. The molecule has 0 bridgehead atoms. The molecule has 2 aromatic heterocycles. The van der Waals surface area contributed by atoms with Crippen molar-refractivity contribution in [2.24, 2.45) is 12.5 Å². The van der Waals surface area contributed by atoms with Crippen LogP contribution in [0.5, 0.6) is 0 Å². The molecule has 136 valence electrons. The molecular weight excluding hydrogens is 320 g/mol. The molecule has 2 atom stereocenters. The van der Waals surface area contributed by atoms with E-state index in [-0.39, 0.29) is 22.4 Å². The van der Waals surface area contributed by atoms with Crippen LogP contribution in [0.2, 0.25) is 0 Å². The predicted molar refractivity (Wildman–Crippen MR) is 106 cm³/mol. The van der Waals surface area contributed by atoms with Gasteiger partial charge in [0.2, 0.25) is 5.78 Å². The third-order valence-electron chi connectivity index (χ3n) is 8.02. The predicted octanol–water partition coefficient (Wildman–Crippen LogP) is 4.79. The minimum Gasteiger partial charge on any atom is -0.351 e. The number of rotatable bonds is 0. The van der Waals surface area contributed by atoms with Gasteiger partial charge in [-0.05, 0) is 30.9 Å². The fourth-order valence-corrected chi connectivity index (χ4v) is 5.66. The summed E-state index contributed by atoms with van der Waals surface area (Å²) in [6, 6.07) is 9.20. The first-order chi connectivity index (χ1) is 12.1. The SMILES string of the molecule is CC1c2nc3n(C)ccn3c2C2(C)N1c1ccccc1C(C)(C)C2(C)C. The second-order valence-electron chi connectivity index (χ2n) is 9.31. The number of aryl methyl sites for hydroxylation is 1. The molecule has 4 heterocycles. The van der Waals surface area contributed by atoms with Crippen molar-refractivity contribution < 1.29 is 0 Å². The highest BCUT2D eigenvalue weighted by Gasteiger charge is 2.65. The molecule has 0 amide bonds. The summed E-state index contributed by atoms with van der Waals surface area (Å²) in [4.78, 5) is 7.70. The molecule has 2 aliphatic heterocycles. The van der Waals surface area contributed by atoms with Gasteiger partial charge in [0.15, 0.2) is 0 Å². The molecule has 4 heteroatoms. The molecule has 4 nitrogen and oxygen atoms in total. The lowest BCUT2D eigenvalue weighted by molar-refractivity contribution is 0.0621. The molecule has 0 spiro atoms. The second kappa shape index (κ2) is 4.36. The highest BCUT2D eigenvalue weighted by Crippen LogP contribution is 2.66. The van der Waals surface area contributed by atoms with E-state index in [4.69, 9.17) is 4.98 Å². The third kappa shape index (κ3) is 1.40. The zero-order valence-electron chi connectivity index (χ0n) is 16.8. The molecule has 0 saturated carbocycles. The maximum atomic E-state index is 5.07. The minimum atomic E-state index is -0.139. The monoisotopic (exact) mass is 348 g/mol. The van der Waals surface area contributed by atoms with E-state index in [1.54, 1.807) is 0 Å². The number of benzene rings is 1. The van der Waals surface area contributed by atoms with E-state index in [2.05, 4.69) is 99.1 Å². The van der Waals surface area contributed by atoms with Crippen molar-refractivity contribution in [1.29, 1.82) is 0 Å². The van der Waals surface area contributed by atoms with E-state index in [0.717, 1.165) is 5.78 Å². The first-order valence-corrected chi connectivity index (χ1v) is 9.56. The Hall–Kier alpha value is -2.23. The molecule has 26 heavy (non-hydrogen) atoms. The molecule has 2 unspecified atom stereocenters. The van der Waals surface area contributed by atoms with Crippen LogP contribution in [0.3, 0.4) is 0 Å². The van der Waals surface area contributed by atoms with Crippen LogP contribution in [0.1, 0.15) is 64.5 Å². The number of para-hydroxylation sites is 1. The van der Waals surface area contributed by atoms with Gasteiger partial charge in [0, 0.05) is 30.5 Å². The van der Waals surface area contributed by atoms with Crippen LogP contribution in [0.15, 0.2) is 36.7 Å². The summed E-state index contributed by atoms with van der Waals surface area (Å²) in [6.07, 6.45) is 4.28. The molecule has 3 aromatic rings. The van der Waals surface area contributed by atoms with Crippen LogP contribution in [0, 0.1) is 5.41 Å². The second-order valence-corrected chi connectivity index (χ2v) is 9.31. The highest BCUT2D eigenvalue weighted by atomic mass is 15.3. The van der Waals surface area contributed by atoms with Gasteiger partial charge >= 0.3 is 0 Å². The Kier molecular flexibility index (Phi) is 2.68. The van der Waals surface area contributed by atoms with Crippen molar-refractivity contribution >= 4 is 11.5 Å². The average Bonchev–Trinajstić information content (AvgIpc) is 3.19. The average molecular weight is 348 g/mol. The summed E-state index contributed by atoms with van der Waals surface area (Å²) >= 11 is 0. The lowest BCUT2D eigenvalue weighted by atomic mass is 9.52. The van der Waals surface area contributed by atoms with Crippen molar-refractivity contribution in [3.63, 3.8) is 0 Å². The molecule has 0 fully saturated rings. The Bertz CT molecular complexity index is 1050. The summed E-state index contributed by atoms with van der Waals surface area (Å²) in [6.45, 7) is 14.4. The molecular formula is C22H28N4. The van der Waals surface area contributed by atoms with Gasteiger partial charge in [0.05, 0.1) is 23.0 Å². The Morgan fingerprint density at radius 1 is 1.00 bits per heavy atom. The first-order valence-electron chi connectivity index (χ1n) is 9.56. The van der Waals surface area contributed by atoms with Gasteiger partial charge in [-0.25, -0.2) is 4.98 Å². The van der Waals surface area contributed by atoms with Crippen molar-refractivity contribution in [1.82, 2.24) is 14.0 Å². The zero-order chi connectivity index (χ0) is 18.6. The summed E-state index contributed by atoms with van der Waals surface area (Å²) in [5.74, 6) is 1.04. The summed E-state index contributed by atoms with van der Waals surface area (Å²) in [5, 5.41) is 0. The Balaban J connectivity index is 1.93. The zero-order valence-corrected chi connectivity index (χ0v) is 16.8. The molecule has 0 saturated heterocycles. The van der Waals surface area contributed by atoms with Gasteiger partial charge in [0.25, 0.3) is 0 Å². The van der Waals surface area contributed by atoms with Gasteiger partial charge in [0.1, 0.15) is 0 Å². The molecule has 2 aliphatic rings. The van der Waals surface area contributed by atoms with Gasteiger partial charge in [-0.15, -0.1) is 0 Å². The van der Waals surface area contributed by atoms with Crippen LogP contribution >= 0.6 is 0 Å². The summed E-state index contributed by atoms with van der Waals surface area (Å²) in [5.41, 5.74) is 5.28. The van der Waals surface area contributed by atoms with E-state index in [0.29, 0.717) is 0 Å². The lowest BCUT2D eigenvalue weighted by Gasteiger charge is -2.61. The fourth-order valence-electron chi connectivity index (χ4n) is 5.66. The smallest absolute Gasteiger partial charge is 0.214 e. The number of aromatic nitrogens is 3. The number of anilines is 1. The minimum absolute atomic E-state index is 0.0136. The number of hydrogen-bond acceptors (Lipinski definition) is 2. The first kappa shape index (κ1) is 16.0. The van der Waals surface area contributed by atoms with E-state index >= 15 is 0 Å². The quantitative estimate of drug-likeness (QED) is 0.584. The normalized spacial score (nSPS) is 28.1. The largest absolute Gasteiger partial charge is 0.351 e. The van der Waals surface area contributed by atoms with Crippen molar-refractivity contribution in [3.05, 3.63) is 53.6 Å². The Morgan fingerprint density at radius 3 is 2.42 bits per heavy atom. The van der Waals surface area contributed by atoms with Crippen molar-refractivity contribution in [2.45, 2.75) is 58.5 Å². The summed E-state index contributed by atoms with van der Waals surface area (Å²) in [7, 11) is 2.08. The number of fused-ring (bicyclic) bond motifs is 7. The number of hydrogen-bond donors (Lipinski definition) is 0. The molecule has 5 rings (SSSR count). The van der Waals surface area contributed by atoms with E-state index in [1.165, 1.54) is 22.6 Å². The topological polar surface area (TPSA) is 25.5 Å². The molecule has 0 radical (unpaired) electrons. The number of imidazole rings is 2. The molecule has 0 aliphatic carbocycles. The standard InChI is InChI=1S/C22H28N4/c1-14-17-18(25-13-12-24(7)19(25)23-17)22(6)21(4,5)20(2,3)15-10-8-9-11-16(15)26(14)22/h8-14H,1-7H3. The van der Waals surface area contributed by atoms with E-state index < -0.39 is 0 Å². The van der Waals surface area contributed by atoms with E-state index in [9.17, 15) is 0 Å². The maximum absolute atomic E-state index is 5.07. The van der Waals surface area contributed by atoms with Crippen LogP contribution in [-0.2, 0) is 18.0 Å². The van der Waals surface area contributed by atoms with Crippen LogP contribution < -0.4 is 4.90 Å². The summed E-state index contributed by atoms with van der Waals surface area (Å²) < 4.78 is 4.44. The maximum Gasteiger partial charge on any atom is 0.214 e. The molecule has 1 aromatic carbocycles. The van der Waals surface area contributed by atoms with Crippen LogP contribution in [0.25, 0.3) is 5.78 Å².